The Bertz CT molecular complexity index is 1030. The zero-order valence-electron chi connectivity index (χ0n) is 16.4. The summed E-state index contributed by atoms with van der Waals surface area (Å²) < 4.78 is 0. The van der Waals surface area contributed by atoms with E-state index in [4.69, 9.17) is 0 Å². The first-order valence-corrected chi connectivity index (χ1v) is 9.85. The second-order valence-electron chi connectivity index (χ2n) is 7.09. The highest BCUT2D eigenvalue weighted by atomic mass is 16.2. The summed E-state index contributed by atoms with van der Waals surface area (Å²) in [5, 5.41) is 0. The quantitative estimate of drug-likeness (QED) is 0.683. The number of aromatic nitrogens is 1. The molecule has 0 atom stereocenters. The molecule has 0 N–H and O–H groups in total. The van der Waals surface area contributed by atoms with Crippen molar-refractivity contribution in [3.63, 3.8) is 0 Å². The van der Waals surface area contributed by atoms with Crippen molar-refractivity contribution in [3.05, 3.63) is 95.3 Å². The summed E-state index contributed by atoms with van der Waals surface area (Å²) in [4.78, 5) is 33.8. The van der Waals surface area contributed by atoms with Crippen molar-refractivity contribution in [3.8, 4) is 0 Å². The Morgan fingerprint density at radius 3 is 2.41 bits per heavy atom. The highest BCUT2D eigenvalue weighted by molar-refractivity contribution is 6.07. The molecule has 1 aliphatic heterocycles. The number of pyridine rings is 1. The molecule has 1 aliphatic rings. The average molecular weight is 385 g/mol. The van der Waals surface area contributed by atoms with Gasteiger partial charge in [0.25, 0.3) is 11.8 Å². The van der Waals surface area contributed by atoms with Crippen molar-refractivity contribution < 1.29 is 9.59 Å². The van der Waals surface area contributed by atoms with Crippen LogP contribution in [0.25, 0.3) is 0 Å². The van der Waals surface area contributed by atoms with E-state index in [-0.39, 0.29) is 11.8 Å². The molecule has 146 valence electrons. The summed E-state index contributed by atoms with van der Waals surface area (Å²) in [6.07, 6.45) is 3.90. The topological polar surface area (TPSA) is 53.5 Å². The minimum absolute atomic E-state index is 0.0931. The normalized spacial score (nSPS) is 12.9. The lowest BCUT2D eigenvalue weighted by Crippen LogP contribution is -2.36. The van der Waals surface area contributed by atoms with Gasteiger partial charge in [-0.15, -0.1) is 0 Å². The van der Waals surface area contributed by atoms with Gasteiger partial charge in [0, 0.05) is 37.7 Å². The van der Waals surface area contributed by atoms with Gasteiger partial charge in [0.05, 0.1) is 11.1 Å². The SMILES string of the molecule is CCN(C(=O)c1cncc(C(=O)N2CCc3ccccc3C2)c1)c1ccccc1. The number of benzene rings is 2. The van der Waals surface area contributed by atoms with Gasteiger partial charge in [-0.05, 0) is 42.7 Å². The van der Waals surface area contributed by atoms with Gasteiger partial charge in [-0.1, -0.05) is 42.5 Å². The van der Waals surface area contributed by atoms with Crippen molar-refractivity contribution in [2.24, 2.45) is 0 Å². The fraction of sp³-hybridized carbons (Fsp3) is 0.208. The molecule has 0 radical (unpaired) electrons. The van der Waals surface area contributed by atoms with Crippen LogP contribution in [0.2, 0.25) is 0 Å². The highest BCUT2D eigenvalue weighted by Gasteiger charge is 2.23. The molecule has 0 saturated carbocycles. The van der Waals surface area contributed by atoms with Crippen LogP contribution >= 0.6 is 0 Å². The maximum absolute atomic E-state index is 13.1. The van der Waals surface area contributed by atoms with Gasteiger partial charge in [-0.2, -0.15) is 0 Å². The molecule has 2 amide bonds. The number of hydrogen-bond donors (Lipinski definition) is 0. The van der Waals surface area contributed by atoms with Crippen molar-refractivity contribution in [1.29, 1.82) is 0 Å². The Labute approximate surface area is 170 Å². The van der Waals surface area contributed by atoms with Gasteiger partial charge >= 0.3 is 0 Å². The lowest BCUT2D eigenvalue weighted by Gasteiger charge is -2.29. The smallest absolute Gasteiger partial charge is 0.259 e. The molecular weight excluding hydrogens is 362 g/mol. The maximum atomic E-state index is 13.1. The molecule has 5 heteroatoms. The second kappa shape index (κ2) is 8.27. The van der Waals surface area contributed by atoms with Gasteiger partial charge in [0.1, 0.15) is 0 Å². The number of para-hydroxylation sites is 1. The molecule has 4 rings (SSSR count). The molecule has 29 heavy (non-hydrogen) atoms. The number of carbonyl (C=O) groups excluding carboxylic acids is 2. The number of fused-ring (bicyclic) bond motifs is 1. The number of amides is 2. The molecule has 0 unspecified atom stereocenters. The van der Waals surface area contributed by atoms with Crippen molar-refractivity contribution in [2.45, 2.75) is 19.9 Å². The van der Waals surface area contributed by atoms with Crippen LogP contribution in [-0.4, -0.2) is 34.8 Å². The van der Waals surface area contributed by atoms with E-state index in [9.17, 15) is 9.59 Å². The lowest BCUT2D eigenvalue weighted by molar-refractivity contribution is 0.0734. The Hall–Kier alpha value is -3.47. The van der Waals surface area contributed by atoms with Crippen molar-refractivity contribution in [1.82, 2.24) is 9.88 Å². The van der Waals surface area contributed by atoms with Crippen LogP contribution in [0.1, 0.15) is 38.8 Å². The fourth-order valence-electron chi connectivity index (χ4n) is 3.73. The minimum atomic E-state index is -0.162. The Morgan fingerprint density at radius 2 is 1.66 bits per heavy atom. The van der Waals surface area contributed by atoms with Crippen molar-refractivity contribution >= 4 is 17.5 Å². The fourth-order valence-corrected chi connectivity index (χ4v) is 3.73. The van der Waals surface area contributed by atoms with E-state index in [0.717, 1.165) is 12.1 Å². The number of rotatable bonds is 4. The Balaban J connectivity index is 1.56. The lowest BCUT2D eigenvalue weighted by atomic mass is 9.99. The molecule has 0 aliphatic carbocycles. The maximum Gasteiger partial charge on any atom is 0.259 e. The van der Waals surface area contributed by atoms with Crippen LogP contribution < -0.4 is 4.90 Å². The minimum Gasteiger partial charge on any atom is -0.334 e. The third kappa shape index (κ3) is 3.90. The van der Waals surface area contributed by atoms with E-state index in [1.165, 1.54) is 17.3 Å². The third-order valence-corrected chi connectivity index (χ3v) is 5.28. The van der Waals surface area contributed by atoms with E-state index in [1.54, 1.807) is 17.2 Å². The van der Waals surface area contributed by atoms with Crippen LogP contribution in [0.4, 0.5) is 5.69 Å². The molecule has 1 aromatic heterocycles. The first-order valence-electron chi connectivity index (χ1n) is 9.85. The number of hydrogen-bond acceptors (Lipinski definition) is 3. The number of anilines is 1. The van der Waals surface area contributed by atoms with E-state index < -0.39 is 0 Å². The van der Waals surface area contributed by atoms with E-state index in [1.807, 2.05) is 54.3 Å². The summed E-state index contributed by atoms with van der Waals surface area (Å²) >= 11 is 0. The summed E-state index contributed by atoms with van der Waals surface area (Å²) in [7, 11) is 0. The Kier molecular flexibility index (Phi) is 5.38. The van der Waals surface area contributed by atoms with Crippen LogP contribution in [0, 0.1) is 0 Å². The van der Waals surface area contributed by atoms with Gasteiger partial charge in [-0.25, -0.2) is 0 Å². The zero-order valence-corrected chi connectivity index (χ0v) is 16.4. The zero-order chi connectivity index (χ0) is 20.2. The van der Waals surface area contributed by atoms with Gasteiger partial charge in [0.2, 0.25) is 0 Å². The van der Waals surface area contributed by atoms with Crippen molar-refractivity contribution in [2.75, 3.05) is 18.0 Å². The summed E-state index contributed by atoms with van der Waals surface area (Å²) in [5.41, 5.74) is 4.15. The monoisotopic (exact) mass is 385 g/mol. The molecule has 0 spiro atoms. The molecule has 5 nitrogen and oxygen atoms in total. The van der Waals surface area contributed by atoms with Crippen LogP contribution in [0.5, 0.6) is 0 Å². The molecule has 2 aromatic carbocycles. The van der Waals surface area contributed by atoms with Crippen LogP contribution in [-0.2, 0) is 13.0 Å². The highest BCUT2D eigenvalue weighted by Crippen LogP contribution is 2.21. The Morgan fingerprint density at radius 1 is 0.966 bits per heavy atom. The van der Waals surface area contributed by atoms with Gasteiger partial charge in [0.15, 0.2) is 0 Å². The van der Waals surface area contributed by atoms with E-state index in [2.05, 4.69) is 17.1 Å². The summed E-state index contributed by atoms with van der Waals surface area (Å²) in [5.74, 6) is -0.255. The van der Waals surface area contributed by atoms with Crippen LogP contribution in [0.3, 0.4) is 0 Å². The van der Waals surface area contributed by atoms with Gasteiger partial charge < -0.3 is 9.80 Å². The van der Waals surface area contributed by atoms with Gasteiger partial charge in [-0.3, -0.25) is 14.6 Å². The standard InChI is InChI=1S/C24H23N3O2/c1-2-27(22-10-4-3-5-11-22)24(29)21-14-20(15-25-16-21)23(28)26-13-12-18-8-6-7-9-19(18)17-26/h3-11,14-16H,2,12-13,17H2,1H3. The number of carbonyl (C=O) groups is 2. The number of nitrogens with zero attached hydrogens (tertiary/aromatic N) is 3. The largest absolute Gasteiger partial charge is 0.334 e. The van der Waals surface area contributed by atoms with E-state index in [0.29, 0.717) is 30.8 Å². The molecule has 0 saturated heterocycles. The summed E-state index contributed by atoms with van der Waals surface area (Å²) in [6, 6.07) is 19.4. The first-order chi connectivity index (χ1) is 14.2. The molecule has 2 heterocycles. The summed E-state index contributed by atoms with van der Waals surface area (Å²) in [6.45, 7) is 3.71. The second-order valence-corrected chi connectivity index (χ2v) is 7.09. The molecule has 0 fully saturated rings. The average Bonchev–Trinajstić information content (AvgIpc) is 2.79. The molecular formula is C24H23N3O2. The first kappa shape index (κ1) is 18.9. The predicted octanol–water partition coefficient (Wildman–Crippen LogP) is 3.95. The van der Waals surface area contributed by atoms with Crippen LogP contribution in [0.15, 0.2) is 73.1 Å². The molecule has 3 aromatic rings. The molecule has 0 bridgehead atoms. The van der Waals surface area contributed by atoms with E-state index >= 15 is 0 Å². The third-order valence-electron chi connectivity index (χ3n) is 5.28. The predicted molar refractivity (Wildman–Crippen MR) is 113 cm³/mol.